The number of carbonyl (C=O) groups is 2. The van der Waals surface area contributed by atoms with Crippen LogP contribution in [0.25, 0.3) is 0 Å². The molecule has 0 saturated carbocycles. The highest BCUT2D eigenvalue weighted by Crippen LogP contribution is 2.20. The van der Waals surface area contributed by atoms with Crippen LogP contribution in [0, 0.1) is 6.92 Å². The van der Waals surface area contributed by atoms with Crippen LogP contribution in [0.3, 0.4) is 0 Å². The lowest BCUT2D eigenvalue weighted by molar-refractivity contribution is 0.103. The highest BCUT2D eigenvalue weighted by atomic mass is 16.5. The van der Waals surface area contributed by atoms with Gasteiger partial charge in [0.15, 0.2) is 5.78 Å². The molecule has 0 aliphatic heterocycles. The van der Waals surface area contributed by atoms with Gasteiger partial charge in [0, 0.05) is 30.9 Å². The molecule has 0 bridgehead atoms. The number of benzene rings is 4. The summed E-state index contributed by atoms with van der Waals surface area (Å²) in [6, 6.07) is 33.5. The Morgan fingerprint density at radius 1 is 0.581 bits per heavy atom. The highest BCUT2D eigenvalue weighted by molar-refractivity contribution is 6.09. The number of hydrogen-bond acceptors (Lipinski definition) is 4. The summed E-state index contributed by atoms with van der Waals surface area (Å²) in [5.41, 5.74) is 3.06. The van der Waals surface area contributed by atoms with E-state index in [4.69, 9.17) is 4.74 Å². The third-order valence-electron chi connectivity index (χ3n) is 5.34. The molecular formula is C39H54O4. The fraction of sp³-hybridized carbons (Fsp3) is 0.333. The molecule has 4 aromatic carbocycles. The van der Waals surface area contributed by atoms with Crippen molar-refractivity contribution in [1.82, 2.24) is 0 Å². The number of ether oxygens (including phenoxy) is 2. The minimum absolute atomic E-state index is 0.0296. The summed E-state index contributed by atoms with van der Waals surface area (Å²) >= 11 is 0. The highest BCUT2D eigenvalue weighted by Gasteiger charge is 2.07. The van der Waals surface area contributed by atoms with Gasteiger partial charge in [0.25, 0.3) is 0 Å². The number of para-hydroxylation sites is 1. The average Bonchev–Trinajstić information content (AvgIpc) is 3.08. The van der Waals surface area contributed by atoms with E-state index in [-0.39, 0.29) is 5.78 Å². The summed E-state index contributed by atoms with van der Waals surface area (Å²) in [6.45, 7) is 14.8. The molecule has 0 spiro atoms. The van der Waals surface area contributed by atoms with E-state index in [0.717, 1.165) is 17.8 Å². The molecule has 4 heteroatoms. The largest absolute Gasteiger partial charge is 0.457 e. The molecule has 0 aliphatic carbocycles. The third-order valence-corrected chi connectivity index (χ3v) is 5.34. The Morgan fingerprint density at radius 2 is 0.953 bits per heavy atom. The van der Waals surface area contributed by atoms with E-state index < -0.39 is 0 Å². The van der Waals surface area contributed by atoms with Crippen LogP contribution >= 0.6 is 0 Å². The second kappa shape index (κ2) is 29.5. The smallest absolute Gasteiger partial charge is 0.193 e. The van der Waals surface area contributed by atoms with E-state index in [2.05, 4.69) is 39.4 Å². The summed E-state index contributed by atoms with van der Waals surface area (Å²) in [7, 11) is 3.25. The Hall–Kier alpha value is -4.02. The quantitative estimate of drug-likeness (QED) is 0.160. The molecule has 0 amide bonds. The standard InChI is InChI=1S/C14H10O2.C13H12O.2C4H10.C2H6O.C2H6/c15-10-11-6-8-13(9-7-11)14(16)12-4-2-1-3-5-12;1-11-7-9-13(10-8-11)14-12-5-3-2-4-6-12;2*1-3-4-2;1-3-2;1-2/h1-10H;2-10H,1H3;2*3-4H2,1-2H3;1-2H3;1-2H3. The van der Waals surface area contributed by atoms with Gasteiger partial charge in [0.05, 0.1) is 0 Å². The molecule has 0 atom stereocenters. The lowest BCUT2D eigenvalue weighted by atomic mass is 10.0. The van der Waals surface area contributed by atoms with Gasteiger partial charge in [-0.3, -0.25) is 9.59 Å². The van der Waals surface area contributed by atoms with Crippen molar-refractivity contribution in [3.63, 3.8) is 0 Å². The summed E-state index contributed by atoms with van der Waals surface area (Å²) in [5.74, 6) is 1.72. The zero-order valence-electron chi connectivity index (χ0n) is 27.9. The Bertz CT molecular complexity index is 1150. The number of ketones is 1. The molecule has 4 rings (SSSR count). The second-order valence-corrected chi connectivity index (χ2v) is 9.07. The molecule has 234 valence electrons. The fourth-order valence-corrected chi connectivity index (χ4v) is 2.70. The second-order valence-electron chi connectivity index (χ2n) is 9.07. The molecule has 0 aromatic heterocycles. The van der Waals surface area contributed by atoms with Crippen molar-refractivity contribution in [3.05, 3.63) is 131 Å². The van der Waals surface area contributed by atoms with Gasteiger partial charge in [-0.15, -0.1) is 0 Å². The van der Waals surface area contributed by atoms with Crippen LogP contribution in [0.1, 0.15) is 99.1 Å². The van der Waals surface area contributed by atoms with Crippen molar-refractivity contribution in [1.29, 1.82) is 0 Å². The Balaban J connectivity index is 0. The SMILES string of the molecule is CC.CCCC.CCCC.COC.Cc1ccc(Oc2ccccc2)cc1.O=Cc1ccc(C(=O)c2ccccc2)cc1. The Kier molecular flexibility index (Phi) is 28.2. The Labute approximate surface area is 262 Å². The molecule has 0 aliphatic rings. The van der Waals surface area contributed by atoms with Gasteiger partial charge in [0.1, 0.15) is 17.8 Å². The van der Waals surface area contributed by atoms with Crippen LogP contribution in [0.4, 0.5) is 0 Å². The number of aryl methyl sites for hydroxylation is 1. The van der Waals surface area contributed by atoms with Crippen molar-refractivity contribution in [2.24, 2.45) is 0 Å². The molecule has 0 saturated heterocycles. The van der Waals surface area contributed by atoms with E-state index in [1.54, 1.807) is 50.6 Å². The van der Waals surface area contributed by atoms with Crippen molar-refractivity contribution >= 4 is 12.1 Å². The molecule has 43 heavy (non-hydrogen) atoms. The van der Waals surface area contributed by atoms with E-state index in [1.165, 1.54) is 31.2 Å². The van der Waals surface area contributed by atoms with Gasteiger partial charge < -0.3 is 9.47 Å². The van der Waals surface area contributed by atoms with E-state index in [0.29, 0.717) is 16.7 Å². The van der Waals surface area contributed by atoms with Gasteiger partial charge in [-0.25, -0.2) is 0 Å². The fourth-order valence-electron chi connectivity index (χ4n) is 2.70. The zero-order valence-corrected chi connectivity index (χ0v) is 27.9. The maximum absolute atomic E-state index is 12.0. The minimum atomic E-state index is -0.0296. The van der Waals surface area contributed by atoms with Crippen LogP contribution in [0.2, 0.25) is 0 Å². The lowest BCUT2D eigenvalue weighted by Crippen LogP contribution is -2.00. The van der Waals surface area contributed by atoms with Gasteiger partial charge >= 0.3 is 0 Å². The first-order chi connectivity index (χ1) is 20.9. The maximum atomic E-state index is 12.0. The van der Waals surface area contributed by atoms with E-state index in [9.17, 15) is 9.59 Å². The monoisotopic (exact) mass is 586 g/mol. The van der Waals surface area contributed by atoms with Crippen molar-refractivity contribution in [2.75, 3.05) is 14.2 Å². The van der Waals surface area contributed by atoms with Crippen LogP contribution in [-0.4, -0.2) is 26.3 Å². The van der Waals surface area contributed by atoms with Gasteiger partial charge in [-0.2, -0.15) is 0 Å². The summed E-state index contributed by atoms with van der Waals surface area (Å²) < 4.78 is 9.88. The normalized spacial score (nSPS) is 8.77. The number of aldehydes is 1. The number of methoxy groups -OCH3 is 1. The summed E-state index contributed by atoms with van der Waals surface area (Å²) in [6.07, 6.45) is 6.04. The zero-order chi connectivity index (χ0) is 32.7. The van der Waals surface area contributed by atoms with Gasteiger partial charge in [0.2, 0.25) is 0 Å². The number of carbonyl (C=O) groups excluding carboxylic acids is 2. The maximum Gasteiger partial charge on any atom is 0.193 e. The van der Waals surface area contributed by atoms with Crippen LogP contribution in [-0.2, 0) is 4.74 Å². The van der Waals surface area contributed by atoms with Crippen LogP contribution in [0.15, 0.2) is 109 Å². The topological polar surface area (TPSA) is 52.6 Å². The van der Waals surface area contributed by atoms with Crippen molar-refractivity contribution in [2.45, 2.75) is 74.1 Å². The molecule has 0 heterocycles. The minimum Gasteiger partial charge on any atom is -0.457 e. The van der Waals surface area contributed by atoms with Crippen LogP contribution in [0.5, 0.6) is 11.5 Å². The number of rotatable bonds is 7. The number of hydrogen-bond donors (Lipinski definition) is 0. The van der Waals surface area contributed by atoms with E-state index in [1.807, 2.05) is 86.6 Å². The van der Waals surface area contributed by atoms with E-state index >= 15 is 0 Å². The predicted octanol–water partition coefficient (Wildman–Crippen LogP) is 11.4. The van der Waals surface area contributed by atoms with Gasteiger partial charge in [-0.05, 0) is 31.2 Å². The molecule has 4 nitrogen and oxygen atoms in total. The molecule has 0 N–H and O–H groups in total. The molecular weight excluding hydrogens is 532 g/mol. The first-order valence-corrected chi connectivity index (χ1v) is 15.2. The first-order valence-electron chi connectivity index (χ1n) is 15.2. The van der Waals surface area contributed by atoms with Gasteiger partial charge in [-0.1, -0.05) is 158 Å². The average molecular weight is 587 g/mol. The lowest BCUT2D eigenvalue weighted by Gasteiger charge is -2.04. The summed E-state index contributed by atoms with van der Waals surface area (Å²) in [5, 5.41) is 0. The number of unbranched alkanes of at least 4 members (excludes halogenated alkanes) is 2. The molecule has 0 fully saturated rings. The molecule has 0 unspecified atom stereocenters. The van der Waals surface area contributed by atoms with Crippen molar-refractivity contribution in [3.8, 4) is 11.5 Å². The Morgan fingerprint density at radius 3 is 1.35 bits per heavy atom. The third kappa shape index (κ3) is 21.4. The first kappa shape index (κ1) is 41.1. The van der Waals surface area contributed by atoms with Crippen LogP contribution < -0.4 is 4.74 Å². The molecule has 4 aromatic rings. The molecule has 0 radical (unpaired) electrons. The predicted molar refractivity (Wildman–Crippen MR) is 185 cm³/mol. The van der Waals surface area contributed by atoms with Crippen molar-refractivity contribution < 1.29 is 19.1 Å². The summed E-state index contributed by atoms with van der Waals surface area (Å²) in [4.78, 5) is 22.4.